The van der Waals surface area contributed by atoms with Crippen LogP contribution in [0.3, 0.4) is 0 Å². The standard InChI is InChI=1S/C20H32N2O2/c1-16-8-5-6-9-19(16)10-11-20(23)21-14-17(2)22(18(3)15-21)12-7-13-24-4/h5-6,8-9,17-18H,7,10-15H2,1-4H3. The first-order chi connectivity index (χ1) is 11.5. The molecule has 134 valence electrons. The molecule has 2 rings (SSSR count). The number of amides is 1. The molecule has 0 aliphatic carbocycles. The molecule has 4 heteroatoms. The van der Waals surface area contributed by atoms with Crippen molar-refractivity contribution in [1.29, 1.82) is 0 Å². The molecule has 0 N–H and O–H groups in total. The molecule has 0 saturated carbocycles. The van der Waals surface area contributed by atoms with Gasteiger partial charge in [-0.1, -0.05) is 24.3 Å². The fourth-order valence-corrected chi connectivity index (χ4v) is 3.68. The fraction of sp³-hybridized carbons (Fsp3) is 0.650. The second-order valence-electron chi connectivity index (χ2n) is 7.01. The van der Waals surface area contributed by atoms with E-state index in [0.29, 0.717) is 18.5 Å². The molecule has 1 heterocycles. The van der Waals surface area contributed by atoms with Crippen LogP contribution in [0.25, 0.3) is 0 Å². The third-order valence-electron chi connectivity index (χ3n) is 5.09. The molecular formula is C20H32N2O2. The van der Waals surface area contributed by atoms with Crippen LogP contribution in [0.1, 0.15) is 37.8 Å². The van der Waals surface area contributed by atoms with Crippen LogP contribution in [0.15, 0.2) is 24.3 Å². The molecule has 0 aromatic heterocycles. The third kappa shape index (κ3) is 5.05. The van der Waals surface area contributed by atoms with Gasteiger partial charge in [0.1, 0.15) is 0 Å². The molecule has 0 bridgehead atoms. The Balaban J connectivity index is 1.85. The van der Waals surface area contributed by atoms with Crippen LogP contribution >= 0.6 is 0 Å². The number of hydrogen-bond acceptors (Lipinski definition) is 3. The number of rotatable bonds is 7. The second-order valence-corrected chi connectivity index (χ2v) is 7.01. The summed E-state index contributed by atoms with van der Waals surface area (Å²) in [6.45, 7) is 10.1. The van der Waals surface area contributed by atoms with E-state index < -0.39 is 0 Å². The van der Waals surface area contributed by atoms with Crippen LogP contribution in [0.4, 0.5) is 0 Å². The van der Waals surface area contributed by atoms with Crippen LogP contribution in [0.2, 0.25) is 0 Å². The number of benzene rings is 1. The van der Waals surface area contributed by atoms with E-state index in [1.807, 2.05) is 6.07 Å². The number of carbonyl (C=O) groups excluding carboxylic acids is 1. The summed E-state index contributed by atoms with van der Waals surface area (Å²) in [6, 6.07) is 9.16. The first-order valence-electron chi connectivity index (χ1n) is 9.10. The predicted octanol–water partition coefficient (Wildman–Crippen LogP) is 2.89. The molecule has 1 aromatic carbocycles. The van der Waals surface area contributed by atoms with Crippen molar-refractivity contribution in [2.24, 2.45) is 0 Å². The van der Waals surface area contributed by atoms with E-state index in [4.69, 9.17) is 4.74 Å². The van der Waals surface area contributed by atoms with Crippen LogP contribution in [0, 0.1) is 6.92 Å². The Hall–Kier alpha value is -1.39. The molecule has 2 atom stereocenters. The molecule has 0 spiro atoms. The van der Waals surface area contributed by atoms with E-state index in [2.05, 4.69) is 48.8 Å². The van der Waals surface area contributed by atoms with Crippen molar-refractivity contribution in [2.75, 3.05) is 33.4 Å². The quantitative estimate of drug-likeness (QED) is 0.720. The molecule has 0 radical (unpaired) electrons. The molecule has 2 unspecified atom stereocenters. The average Bonchev–Trinajstić information content (AvgIpc) is 2.56. The zero-order chi connectivity index (χ0) is 17.5. The SMILES string of the molecule is COCCCN1C(C)CN(C(=O)CCc2ccccc2C)CC1C. The summed E-state index contributed by atoms with van der Waals surface area (Å²) in [7, 11) is 1.75. The van der Waals surface area contributed by atoms with Gasteiger partial charge in [0.15, 0.2) is 0 Å². The van der Waals surface area contributed by atoms with E-state index in [1.54, 1.807) is 7.11 Å². The number of aryl methyl sites for hydroxylation is 2. The molecule has 1 saturated heterocycles. The maximum Gasteiger partial charge on any atom is 0.223 e. The van der Waals surface area contributed by atoms with E-state index in [9.17, 15) is 4.79 Å². The van der Waals surface area contributed by atoms with E-state index in [0.717, 1.165) is 39.1 Å². The molecule has 1 fully saturated rings. The van der Waals surface area contributed by atoms with Crippen molar-refractivity contribution in [2.45, 2.75) is 52.1 Å². The summed E-state index contributed by atoms with van der Waals surface area (Å²) in [4.78, 5) is 17.2. The number of ether oxygens (including phenoxy) is 1. The predicted molar refractivity (Wildman–Crippen MR) is 98.2 cm³/mol. The van der Waals surface area contributed by atoms with Crippen molar-refractivity contribution in [3.8, 4) is 0 Å². The molecule has 24 heavy (non-hydrogen) atoms. The lowest BCUT2D eigenvalue weighted by atomic mass is 10.0. The van der Waals surface area contributed by atoms with Gasteiger partial charge in [-0.25, -0.2) is 0 Å². The van der Waals surface area contributed by atoms with Crippen molar-refractivity contribution >= 4 is 5.91 Å². The van der Waals surface area contributed by atoms with Gasteiger partial charge in [-0.3, -0.25) is 9.69 Å². The monoisotopic (exact) mass is 332 g/mol. The van der Waals surface area contributed by atoms with Gasteiger partial charge in [-0.2, -0.15) is 0 Å². The van der Waals surface area contributed by atoms with Gasteiger partial charge in [0.25, 0.3) is 0 Å². The molecule has 1 aromatic rings. The largest absolute Gasteiger partial charge is 0.385 e. The summed E-state index contributed by atoms with van der Waals surface area (Å²) < 4.78 is 5.16. The topological polar surface area (TPSA) is 32.8 Å². The van der Waals surface area contributed by atoms with Crippen molar-refractivity contribution in [3.05, 3.63) is 35.4 Å². The Bertz CT molecular complexity index is 520. The number of hydrogen-bond donors (Lipinski definition) is 0. The van der Waals surface area contributed by atoms with Crippen molar-refractivity contribution < 1.29 is 9.53 Å². The Kier molecular flexibility index (Phi) is 7.25. The lowest BCUT2D eigenvalue weighted by Crippen LogP contribution is -2.58. The van der Waals surface area contributed by atoms with Gasteiger partial charge >= 0.3 is 0 Å². The number of nitrogens with zero attached hydrogens (tertiary/aromatic N) is 2. The van der Waals surface area contributed by atoms with Crippen LogP contribution < -0.4 is 0 Å². The zero-order valence-corrected chi connectivity index (χ0v) is 15.6. The number of piperazine rings is 1. The highest BCUT2D eigenvalue weighted by Crippen LogP contribution is 2.18. The van der Waals surface area contributed by atoms with Gasteiger partial charge in [0.2, 0.25) is 5.91 Å². The van der Waals surface area contributed by atoms with Gasteiger partial charge in [0.05, 0.1) is 0 Å². The van der Waals surface area contributed by atoms with Gasteiger partial charge in [-0.15, -0.1) is 0 Å². The highest BCUT2D eigenvalue weighted by molar-refractivity contribution is 5.76. The molecule has 1 aliphatic heterocycles. The third-order valence-corrected chi connectivity index (χ3v) is 5.09. The molecule has 1 aliphatic rings. The summed E-state index contributed by atoms with van der Waals surface area (Å²) in [5.74, 6) is 0.286. The summed E-state index contributed by atoms with van der Waals surface area (Å²) in [5.41, 5.74) is 2.56. The fourth-order valence-electron chi connectivity index (χ4n) is 3.68. The number of methoxy groups -OCH3 is 1. The van der Waals surface area contributed by atoms with E-state index >= 15 is 0 Å². The lowest BCUT2D eigenvalue weighted by molar-refractivity contribution is -0.135. The maximum atomic E-state index is 12.6. The lowest BCUT2D eigenvalue weighted by Gasteiger charge is -2.44. The first kappa shape index (κ1) is 18.9. The Morgan fingerprint density at radius 1 is 1.21 bits per heavy atom. The Morgan fingerprint density at radius 3 is 2.50 bits per heavy atom. The zero-order valence-electron chi connectivity index (χ0n) is 15.6. The van der Waals surface area contributed by atoms with E-state index in [-0.39, 0.29) is 5.91 Å². The maximum absolute atomic E-state index is 12.6. The summed E-state index contributed by atoms with van der Waals surface area (Å²) in [5, 5.41) is 0. The summed E-state index contributed by atoms with van der Waals surface area (Å²) >= 11 is 0. The van der Waals surface area contributed by atoms with Crippen molar-refractivity contribution in [1.82, 2.24) is 9.80 Å². The smallest absolute Gasteiger partial charge is 0.223 e. The van der Waals surface area contributed by atoms with Crippen LogP contribution in [-0.2, 0) is 16.0 Å². The molecule has 4 nitrogen and oxygen atoms in total. The van der Waals surface area contributed by atoms with Gasteiger partial charge < -0.3 is 9.64 Å². The Labute approximate surface area is 146 Å². The highest BCUT2D eigenvalue weighted by Gasteiger charge is 2.31. The van der Waals surface area contributed by atoms with Crippen LogP contribution in [0.5, 0.6) is 0 Å². The highest BCUT2D eigenvalue weighted by atomic mass is 16.5. The van der Waals surface area contributed by atoms with E-state index in [1.165, 1.54) is 11.1 Å². The average molecular weight is 332 g/mol. The summed E-state index contributed by atoms with van der Waals surface area (Å²) in [6.07, 6.45) is 2.49. The molecule has 1 amide bonds. The minimum atomic E-state index is 0.286. The van der Waals surface area contributed by atoms with Gasteiger partial charge in [-0.05, 0) is 44.7 Å². The van der Waals surface area contributed by atoms with Crippen LogP contribution in [-0.4, -0.2) is 61.1 Å². The van der Waals surface area contributed by atoms with Crippen molar-refractivity contribution in [3.63, 3.8) is 0 Å². The normalized spacial score (nSPS) is 21.9. The first-order valence-corrected chi connectivity index (χ1v) is 9.10. The minimum Gasteiger partial charge on any atom is -0.385 e. The second kappa shape index (κ2) is 9.19. The molecular weight excluding hydrogens is 300 g/mol. The van der Waals surface area contributed by atoms with Gasteiger partial charge in [0, 0.05) is 51.9 Å². The Morgan fingerprint density at radius 2 is 1.88 bits per heavy atom. The number of carbonyl (C=O) groups is 1. The minimum absolute atomic E-state index is 0.286.